The zero-order valence-electron chi connectivity index (χ0n) is 13.8. The van der Waals surface area contributed by atoms with Gasteiger partial charge in [0.1, 0.15) is 5.82 Å². The topological polar surface area (TPSA) is 62.7 Å². The average Bonchev–Trinajstić information content (AvgIpc) is 2.59. The standard InChI is InChI=1S/C18H17F2N5/c1-11(2)22-18-24-15(12-6-8-21-9-7-12)10-16(25-18)23-14-5-3-4-13(19)17(14)20/h3-11H,1-2H3,(H2,22,23,24,25). The molecule has 7 heteroatoms. The van der Waals surface area contributed by atoms with Crippen molar-refractivity contribution in [1.29, 1.82) is 0 Å². The van der Waals surface area contributed by atoms with Gasteiger partial charge in [0.2, 0.25) is 5.95 Å². The third-order valence-electron chi connectivity index (χ3n) is 3.33. The molecule has 2 heterocycles. The molecular weight excluding hydrogens is 324 g/mol. The Labute approximate surface area is 144 Å². The van der Waals surface area contributed by atoms with Crippen LogP contribution in [0.15, 0.2) is 48.8 Å². The molecule has 128 valence electrons. The Bertz CT molecular complexity index is 869. The smallest absolute Gasteiger partial charge is 0.225 e. The lowest BCUT2D eigenvalue weighted by Crippen LogP contribution is -2.13. The quantitative estimate of drug-likeness (QED) is 0.721. The van der Waals surface area contributed by atoms with Crippen molar-refractivity contribution in [3.63, 3.8) is 0 Å². The molecule has 0 saturated heterocycles. The van der Waals surface area contributed by atoms with Crippen molar-refractivity contribution in [3.05, 3.63) is 60.4 Å². The molecule has 5 nitrogen and oxygen atoms in total. The first-order valence-electron chi connectivity index (χ1n) is 7.80. The first-order chi connectivity index (χ1) is 12.0. The molecule has 25 heavy (non-hydrogen) atoms. The van der Waals surface area contributed by atoms with Gasteiger partial charge in [-0.15, -0.1) is 0 Å². The molecule has 0 aliphatic carbocycles. The van der Waals surface area contributed by atoms with Crippen molar-refractivity contribution in [3.8, 4) is 11.3 Å². The van der Waals surface area contributed by atoms with Crippen LogP contribution >= 0.6 is 0 Å². The van der Waals surface area contributed by atoms with Crippen LogP contribution in [0.3, 0.4) is 0 Å². The van der Waals surface area contributed by atoms with Crippen LogP contribution in [0.5, 0.6) is 0 Å². The van der Waals surface area contributed by atoms with E-state index < -0.39 is 11.6 Å². The fourth-order valence-corrected chi connectivity index (χ4v) is 2.24. The van der Waals surface area contributed by atoms with Crippen LogP contribution in [0.2, 0.25) is 0 Å². The number of nitrogens with zero attached hydrogens (tertiary/aromatic N) is 3. The van der Waals surface area contributed by atoms with E-state index in [0.717, 1.165) is 11.6 Å². The van der Waals surface area contributed by atoms with Crippen LogP contribution < -0.4 is 10.6 Å². The van der Waals surface area contributed by atoms with Gasteiger partial charge in [0.25, 0.3) is 0 Å². The second kappa shape index (κ2) is 7.21. The van der Waals surface area contributed by atoms with E-state index in [-0.39, 0.29) is 11.7 Å². The van der Waals surface area contributed by atoms with E-state index in [9.17, 15) is 8.78 Å². The minimum absolute atomic E-state index is 0.00914. The Morgan fingerprint density at radius 2 is 1.76 bits per heavy atom. The predicted octanol–water partition coefficient (Wildman–Crippen LogP) is 4.38. The second-order valence-electron chi connectivity index (χ2n) is 5.72. The molecule has 2 aromatic heterocycles. The van der Waals surface area contributed by atoms with Gasteiger partial charge in [0, 0.05) is 30.1 Å². The van der Waals surface area contributed by atoms with Crippen LogP contribution in [0.1, 0.15) is 13.8 Å². The number of anilines is 3. The summed E-state index contributed by atoms with van der Waals surface area (Å²) in [5, 5.41) is 5.94. The van der Waals surface area contributed by atoms with Crippen LogP contribution in [0.25, 0.3) is 11.3 Å². The fraction of sp³-hybridized carbons (Fsp3) is 0.167. The molecule has 3 rings (SSSR count). The molecule has 0 unspecified atom stereocenters. The number of hydrogen-bond donors (Lipinski definition) is 2. The van der Waals surface area contributed by atoms with E-state index in [1.54, 1.807) is 18.5 Å². The summed E-state index contributed by atoms with van der Waals surface area (Å²) in [5.74, 6) is -1.13. The van der Waals surface area contributed by atoms with Gasteiger partial charge < -0.3 is 10.6 Å². The molecule has 0 bridgehead atoms. The first kappa shape index (κ1) is 16.8. The van der Waals surface area contributed by atoms with Gasteiger partial charge in [-0.3, -0.25) is 4.98 Å². The Morgan fingerprint density at radius 1 is 1.00 bits per heavy atom. The predicted molar refractivity (Wildman–Crippen MR) is 93.7 cm³/mol. The molecule has 3 aromatic rings. The minimum Gasteiger partial charge on any atom is -0.352 e. The largest absolute Gasteiger partial charge is 0.352 e. The molecule has 0 spiro atoms. The molecule has 0 atom stereocenters. The maximum atomic E-state index is 13.9. The van der Waals surface area contributed by atoms with E-state index in [2.05, 4.69) is 25.6 Å². The van der Waals surface area contributed by atoms with Gasteiger partial charge in [0.05, 0.1) is 11.4 Å². The van der Waals surface area contributed by atoms with Crippen molar-refractivity contribution in [1.82, 2.24) is 15.0 Å². The zero-order chi connectivity index (χ0) is 17.8. The molecule has 0 radical (unpaired) electrons. The lowest BCUT2D eigenvalue weighted by molar-refractivity contribution is 0.511. The van der Waals surface area contributed by atoms with E-state index in [0.29, 0.717) is 17.5 Å². The number of aromatic nitrogens is 3. The van der Waals surface area contributed by atoms with Crippen LogP contribution in [0, 0.1) is 11.6 Å². The molecule has 0 aliphatic heterocycles. The monoisotopic (exact) mass is 341 g/mol. The molecule has 0 amide bonds. The SMILES string of the molecule is CC(C)Nc1nc(Nc2cccc(F)c2F)cc(-c2ccncc2)n1. The zero-order valence-corrected chi connectivity index (χ0v) is 13.8. The van der Waals surface area contributed by atoms with E-state index in [1.807, 2.05) is 26.0 Å². The van der Waals surface area contributed by atoms with Gasteiger partial charge in [-0.1, -0.05) is 6.07 Å². The maximum Gasteiger partial charge on any atom is 0.225 e. The first-order valence-corrected chi connectivity index (χ1v) is 7.80. The summed E-state index contributed by atoms with van der Waals surface area (Å²) in [6, 6.07) is 9.36. The fourth-order valence-electron chi connectivity index (χ4n) is 2.24. The normalized spacial score (nSPS) is 10.8. The number of rotatable bonds is 5. The lowest BCUT2D eigenvalue weighted by atomic mass is 10.2. The second-order valence-corrected chi connectivity index (χ2v) is 5.72. The summed E-state index contributed by atoms with van der Waals surface area (Å²) in [5.41, 5.74) is 1.49. The van der Waals surface area contributed by atoms with Gasteiger partial charge in [0.15, 0.2) is 11.6 Å². The Kier molecular flexibility index (Phi) is 4.83. The average molecular weight is 341 g/mol. The van der Waals surface area contributed by atoms with E-state index >= 15 is 0 Å². The Morgan fingerprint density at radius 3 is 2.48 bits per heavy atom. The number of pyridine rings is 1. The van der Waals surface area contributed by atoms with E-state index in [1.165, 1.54) is 12.1 Å². The Balaban J connectivity index is 2.01. The maximum absolute atomic E-state index is 13.9. The Hall–Kier alpha value is -3.09. The summed E-state index contributed by atoms with van der Waals surface area (Å²) in [6.45, 7) is 3.92. The third kappa shape index (κ3) is 4.06. The third-order valence-corrected chi connectivity index (χ3v) is 3.33. The van der Waals surface area contributed by atoms with Crippen LogP contribution in [0.4, 0.5) is 26.2 Å². The highest BCUT2D eigenvalue weighted by Crippen LogP contribution is 2.25. The summed E-state index contributed by atoms with van der Waals surface area (Å²) in [4.78, 5) is 12.8. The van der Waals surface area contributed by atoms with Gasteiger partial charge in [-0.25, -0.2) is 13.8 Å². The number of benzene rings is 1. The lowest BCUT2D eigenvalue weighted by Gasteiger charge is -2.13. The van der Waals surface area contributed by atoms with E-state index in [4.69, 9.17) is 0 Å². The molecule has 0 fully saturated rings. The number of halogens is 2. The summed E-state index contributed by atoms with van der Waals surface area (Å²) in [6.07, 6.45) is 3.32. The van der Waals surface area contributed by atoms with Crippen molar-refractivity contribution in [2.75, 3.05) is 10.6 Å². The highest BCUT2D eigenvalue weighted by Gasteiger charge is 2.11. The summed E-state index contributed by atoms with van der Waals surface area (Å²) in [7, 11) is 0. The summed E-state index contributed by atoms with van der Waals surface area (Å²) >= 11 is 0. The number of hydrogen-bond acceptors (Lipinski definition) is 5. The van der Waals surface area contributed by atoms with Crippen molar-refractivity contribution in [2.45, 2.75) is 19.9 Å². The molecule has 1 aromatic carbocycles. The van der Waals surface area contributed by atoms with Crippen LogP contribution in [-0.2, 0) is 0 Å². The van der Waals surface area contributed by atoms with Crippen LogP contribution in [-0.4, -0.2) is 21.0 Å². The molecule has 0 aliphatic rings. The van der Waals surface area contributed by atoms with Crippen molar-refractivity contribution >= 4 is 17.5 Å². The summed E-state index contributed by atoms with van der Waals surface area (Å²) < 4.78 is 27.3. The minimum atomic E-state index is -0.954. The highest BCUT2D eigenvalue weighted by molar-refractivity contribution is 5.67. The van der Waals surface area contributed by atoms with Crippen molar-refractivity contribution < 1.29 is 8.78 Å². The molecular formula is C18H17F2N5. The van der Waals surface area contributed by atoms with Crippen molar-refractivity contribution in [2.24, 2.45) is 0 Å². The van der Waals surface area contributed by atoms with Gasteiger partial charge in [-0.2, -0.15) is 4.98 Å². The van der Waals surface area contributed by atoms with Gasteiger partial charge >= 0.3 is 0 Å². The molecule has 0 saturated carbocycles. The number of nitrogens with one attached hydrogen (secondary N) is 2. The molecule has 2 N–H and O–H groups in total. The van der Waals surface area contributed by atoms with Gasteiger partial charge in [-0.05, 0) is 38.1 Å². The highest BCUT2D eigenvalue weighted by atomic mass is 19.2.